The van der Waals surface area contributed by atoms with Gasteiger partial charge < -0.3 is 9.64 Å². The molecular formula is C22H27N3O3. The molecule has 0 saturated carbocycles. The van der Waals surface area contributed by atoms with Crippen molar-refractivity contribution >= 4 is 17.8 Å². The van der Waals surface area contributed by atoms with E-state index >= 15 is 0 Å². The van der Waals surface area contributed by atoms with E-state index in [9.17, 15) is 9.59 Å². The number of nitrogens with zero attached hydrogens (tertiary/aromatic N) is 3. The van der Waals surface area contributed by atoms with Gasteiger partial charge in [0, 0.05) is 30.9 Å². The van der Waals surface area contributed by atoms with Crippen molar-refractivity contribution in [1.82, 2.24) is 9.88 Å². The van der Waals surface area contributed by atoms with Crippen LogP contribution in [-0.4, -0.2) is 41.1 Å². The first-order valence-electron chi connectivity index (χ1n) is 9.55. The number of anilines is 1. The van der Waals surface area contributed by atoms with E-state index in [1.54, 1.807) is 13.2 Å². The largest absolute Gasteiger partial charge is 0.443 e. The Morgan fingerprint density at radius 2 is 1.86 bits per heavy atom. The number of carbonyl (C=O) groups is 2. The highest BCUT2D eigenvalue weighted by Gasteiger charge is 2.34. The van der Waals surface area contributed by atoms with Gasteiger partial charge in [0.2, 0.25) is 0 Å². The Balaban J connectivity index is 1.89. The second-order valence-electron chi connectivity index (χ2n) is 7.98. The monoisotopic (exact) mass is 381 g/mol. The zero-order valence-electron chi connectivity index (χ0n) is 16.9. The summed E-state index contributed by atoms with van der Waals surface area (Å²) in [5.41, 5.74) is 0.932. The van der Waals surface area contributed by atoms with Gasteiger partial charge in [-0.3, -0.25) is 9.69 Å². The summed E-state index contributed by atoms with van der Waals surface area (Å²) in [7, 11) is 1.65. The van der Waals surface area contributed by atoms with E-state index in [1.165, 1.54) is 4.90 Å². The van der Waals surface area contributed by atoms with Crippen molar-refractivity contribution in [1.29, 1.82) is 0 Å². The molecule has 0 spiro atoms. The molecule has 0 aliphatic carbocycles. The molecular weight excluding hydrogens is 354 g/mol. The molecule has 0 radical (unpaired) electrons. The second kappa shape index (κ2) is 8.00. The predicted octanol–water partition coefficient (Wildman–Crippen LogP) is 4.43. The summed E-state index contributed by atoms with van der Waals surface area (Å²) in [5.74, 6) is 0.521. The van der Waals surface area contributed by atoms with Gasteiger partial charge in [0.05, 0.1) is 6.04 Å². The van der Waals surface area contributed by atoms with Gasteiger partial charge in [0.1, 0.15) is 11.4 Å². The fourth-order valence-corrected chi connectivity index (χ4v) is 3.45. The zero-order chi connectivity index (χ0) is 20.3. The van der Waals surface area contributed by atoms with Crippen LogP contribution in [0.5, 0.6) is 0 Å². The Labute approximate surface area is 166 Å². The van der Waals surface area contributed by atoms with Gasteiger partial charge in [0.25, 0.3) is 5.91 Å². The number of hydrogen-bond donors (Lipinski definition) is 0. The minimum absolute atomic E-state index is 0.00201. The van der Waals surface area contributed by atoms with Gasteiger partial charge in [-0.25, -0.2) is 9.78 Å². The van der Waals surface area contributed by atoms with E-state index in [0.717, 1.165) is 18.4 Å². The molecule has 1 aliphatic rings. The van der Waals surface area contributed by atoms with E-state index in [1.807, 2.05) is 68.1 Å². The minimum atomic E-state index is -0.594. The van der Waals surface area contributed by atoms with Gasteiger partial charge in [0.15, 0.2) is 0 Å². The third kappa shape index (κ3) is 4.32. The molecule has 6 nitrogen and oxygen atoms in total. The van der Waals surface area contributed by atoms with Crippen LogP contribution in [0.3, 0.4) is 0 Å². The van der Waals surface area contributed by atoms with E-state index in [2.05, 4.69) is 4.98 Å². The third-order valence-corrected chi connectivity index (χ3v) is 4.70. The first-order chi connectivity index (χ1) is 13.3. The highest BCUT2D eigenvalue weighted by Crippen LogP contribution is 2.37. The van der Waals surface area contributed by atoms with E-state index in [4.69, 9.17) is 4.74 Å². The fourth-order valence-electron chi connectivity index (χ4n) is 3.45. The van der Waals surface area contributed by atoms with Crippen molar-refractivity contribution in [2.75, 3.05) is 18.5 Å². The summed E-state index contributed by atoms with van der Waals surface area (Å²) in [6.07, 6.45) is 2.93. The Hall–Kier alpha value is -2.89. The lowest BCUT2D eigenvalue weighted by Crippen LogP contribution is -2.36. The lowest BCUT2D eigenvalue weighted by atomic mass is 10.0. The number of carbonyl (C=O) groups excluding carboxylic acids is 2. The minimum Gasteiger partial charge on any atom is -0.443 e. The average Bonchev–Trinajstić information content (AvgIpc) is 3.15. The van der Waals surface area contributed by atoms with Gasteiger partial charge in [-0.05, 0) is 51.8 Å². The molecule has 1 saturated heterocycles. The number of likely N-dealkylation sites (tertiary alicyclic amines) is 1. The zero-order valence-corrected chi connectivity index (χ0v) is 16.9. The normalized spacial score (nSPS) is 16.7. The molecule has 0 bridgehead atoms. The smallest absolute Gasteiger partial charge is 0.415 e. The Morgan fingerprint density at radius 3 is 2.54 bits per heavy atom. The lowest BCUT2D eigenvalue weighted by Gasteiger charge is -2.29. The van der Waals surface area contributed by atoms with Crippen LogP contribution in [0.2, 0.25) is 0 Å². The van der Waals surface area contributed by atoms with Crippen LogP contribution in [0.1, 0.15) is 55.6 Å². The maximum atomic E-state index is 13.0. The molecule has 0 N–H and O–H groups in total. The van der Waals surface area contributed by atoms with Crippen molar-refractivity contribution < 1.29 is 14.3 Å². The standard InChI is InChI=1S/C22H27N3O3/c1-22(2,3)28-21(27)24(4)19-17(12-8-14-23-19)18-13-9-15-25(18)20(26)16-10-6-5-7-11-16/h5-8,10-12,14,18H,9,13,15H2,1-4H3/t18-/m0/s1. The maximum Gasteiger partial charge on any atom is 0.415 e. The van der Waals surface area contributed by atoms with E-state index in [-0.39, 0.29) is 11.9 Å². The molecule has 28 heavy (non-hydrogen) atoms. The fraction of sp³-hybridized carbons (Fsp3) is 0.409. The number of amides is 2. The Bertz CT molecular complexity index is 846. The molecule has 1 atom stereocenters. The van der Waals surface area contributed by atoms with Crippen molar-refractivity contribution in [2.45, 2.75) is 45.3 Å². The van der Waals surface area contributed by atoms with Crippen molar-refractivity contribution in [3.8, 4) is 0 Å². The highest BCUT2D eigenvalue weighted by atomic mass is 16.6. The van der Waals surface area contributed by atoms with Gasteiger partial charge in [-0.2, -0.15) is 0 Å². The Morgan fingerprint density at radius 1 is 1.14 bits per heavy atom. The van der Waals surface area contributed by atoms with E-state index in [0.29, 0.717) is 17.9 Å². The molecule has 1 aromatic heterocycles. The second-order valence-corrected chi connectivity index (χ2v) is 7.98. The topological polar surface area (TPSA) is 62.7 Å². The van der Waals surface area contributed by atoms with Gasteiger partial charge >= 0.3 is 6.09 Å². The molecule has 2 aromatic rings. The van der Waals surface area contributed by atoms with E-state index < -0.39 is 11.7 Å². The number of benzene rings is 1. The first-order valence-corrected chi connectivity index (χ1v) is 9.55. The average molecular weight is 381 g/mol. The third-order valence-electron chi connectivity index (χ3n) is 4.70. The molecule has 6 heteroatoms. The van der Waals surface area contributed by atoms with Crippen molar-refractivity contribution in [3.05, 3.63) is 59.8 Å². The SMILES string of the molecule is CN(C(=O)OC(C)(C)C)c1ncccc1[C@@H]1CCCN1C(=O)c1ccccc1. The Kier molecular flexibility index (Phi) is 5.68. The van der Waals surface area contributed by atoms with Gasteiger partial charge in [-0.15, -0.1) is 0 Å². The summed E-state index contributed by atoms with van der Waals surface area (Å²) in [6, 6.07) is 12.9. The van der Waals surface area contributed by atoms with Crippen molar-refractivity contribution in [2.24, 2.45) is 0 Å². The predicted molar refractivity (Wildman–Crippen MR) is 108 cm³/mol. The van der Waals surface area contributed by atoms with Crippen LogP contribution in [0, 0.1) is 0 Å². The van der Waals surface area contributed by atoms with Crippen LogP contribution in [0.15, 0.2) is 48.7 Å². The summed E-state index contributed by atoms with van der Waals surface area (Å²) in [6.45, 7) is 6.17. The van der Waals surface area contributed by atoms with Crippen LogP contribution >= 0.6 is 0 Å². The molecule has 1 fully saturated rings. The van der Waals surface area contributed by atoms with Crippen LogP contribution in [0.4, 0.5) is 10.6 Å². The number of ether oxygens (including phenoxy) is 1. The number of aromatic nitrogens is 1. The van der Waals surface area contributed by atoms with Crippen molar-refractivity contribution in [3.63, 3.8) is 0 Å². The lowest BCUT2D eigenvalue weighted by molar-refractivity contribution is 0.0588. The highest BCUT2D eigenvalue weighted by molar-refractivity contribution is 5.95. The first kappa shape index (κ1) is 19.9. The molecule has 3 rings (SSSR count). The quantitative estimate of drug-likeness (QED) is 0.789. The summed E-state index contributed by atoms with van der Waals surface area (Å²) in [5, 5.41) is 0. The van der Waals surface area contributed by atoms with Crippen LogP contribution in [-0.2, 0) is 4.74 Å². The number of rotatable bonds is 3. The summed E-state index contributed by atoms with van der Waals surface area (Å²) in [4.78, 5) is 33.3. The summed E-state index contributed by atoms with van der Waals surface area (Å²) < 4.78 is 5.48. The molecule has 1 aromatic carbocycles. The molecule has 148 valence electrons. The number of hydrogen-bond acceptors (Lipinski definition) is 4. The van der Waals surface area contributed by atoms with Crippen LogP contribution in [0.25, 0.3) is 0 Å². The summed E-state index contributed by atoms with van der Waals surface area (Å²) >= 11 is 0. The molecule has 0 unspecified atom stereocenters. The maximum absolute atomic E-state index is 13.0. The van der Waals surface area contributed by atoms with Gasteiger partial charge in [-0.1, -0.05) is 24.3 Å². The number of pyridine rings is 1. The molecule has 2 heterocycles. The molecule has 1 aliphatic heterocycles. The molecule has 2 amide bonds. The van der Waals surface area contributed by atoms with Crippen LogP contribution < -0.4 is 4.90 Å².